The van der Waals surface area contributed by atoms with Gasteiger partial charge >= 0.3 is 279 Å². The zero-order chi connectivity index (χ0) is 33.0. The van der Waals surface area contributed by atoms with Gasteiger partial charge in [0.2, 0.25) is 0 Å². The molecular formula is C39H58Cl3N3SiTi. The third-order valence-electron chi connectivity index (χ3n) is 10.4. The van der Waals surface area contributed by atoms with Crippen LogP contribution in [-0.2, 0) is 18.4 Å². The Hall–Kier alpha value is -1.66. The summed E-state index contributed by atoms with van der Waals surface area (Å²) in [5.74, 6) is -2.11. The van der Waals surface area contributed by atoms with Gasteiger partial charge in [0, 0.05) is 0 Å². The Labute approximate surface area is 314 Å². The maximum Gasteiger partial charge on any atom is -0.147 e. The zero-order valence-electron chi connectivity index (χ0n) is 31.6. The summed E-state index contributed by atoms with van der Waals surface area (Å²) in [6.45, 7) is 23.7. The van der Waals surface area contributed by atoms with E-state index in [-0.39, 0.29) is 37.2 Å². The van der Waals surface area contributed by atoms with Gasteiger partial charge in [0.05, 0.1) is 0 Å². The third-order valence-corrected chi connectivity index (χ3v) is 23.2. The fourth-order valence-corrected chi connectivity index (χ4v) is 23.4. The second kappa shape index (κ2) is 16.4. The fraction of sp³-hybridized carbons (Fsp3) is 0.436. The SMILES string of the molecule is CC1=C(C)C(C)[C]([Ti][Si](c2ccc(C)c(N(C)C)c2C)(c2ccc(C)c(N(C)C)c2C)c2ccc(C)c(N(C)C)c2C)=C1C.Cl.Cl.Cl. The van der Waals surface area contributed by atoms with Crippen LogP contribution in [0.15, 0.2) is 57.0 Å². The van der Waals surface area contributed by atoms with Gasteiger partial charge in [-0.2, -0.15) is 0 Å². The number of anilines is 3. The molecule has 0 aliphatic heterocycles. The van der Waals surface area contributed by atoms with Crippen molar-refractivity contribution in [3.8, 4) is 0 Å². The van der Waals surface area contributed by atoms with Gasteiger partial charge in [-0.25, -0.2) is 0 Å². The molecule has 0 saturated carbocycles. The van der Waals surface area contributed by atoms with Crippen molar-refractivity contribution in [3.05, 3.63) is 90.4 Å². The van der Waals surface area contributed by atoms with Crippen molar-refractivity contribution in [2.24, 2.45) is 5.92 Å². The second-order valence-corrected chi connectivity index (χ2v) is 22.7. The van der Waals surface area contributed by atoms with Gasteiger partial charge in [-0.1, -0.05) is 0 Å². The zero-order valence-corrected chi connectivity index (χ0v) is 36.6. The Morgan fingerprint density at radius 1 is 0.489 bits per heavy atom. The average Bonchev–Trinajstić information content (AvgIpc) is 3.09. The first-order valence-corrected chi connectivity index (χ1v) is 21.1. The first-order chi connectivity index (χ1) is 20.5. The topological polar surface area (TPSA) is 9.72 Å². The molecule has 0 bridgehead atoms. The molecule has 3 aromatic carbocycles. The molecule has 0 aromatic heterocycles. The number of allylic oxidation sites excluding steroid dienone is 4. The Kier molecular flexibility index (Phi) is 15.1. The molecule has 8 heteroatoms. The van der Waals surface area contributed by atoms with Crippen LogP contribution in [0, 0.1) is 47.5 Å². The van der Waals surface area contributed by atoms with E-state index in [0.29, 0.717) is 5.92 Å². The molecule has 0 radical (unpaired) electrons. The Balaban J connectivity index is 0.00000368. The van der Waals surface area contributed by atoms with Crippen LogP contribution in [0.25, 0.3) is 0 Å². The van der Waals surface area contributed by atoms with E-state index in [4.69, 9.17) is 0 Å². The van der Waals surface area contributed by atoms with Gasteiger partial charge in [0.25, 0.3) is 0 Å². The van der Waals surface area contributed by atoms with Crippen LogP contribution in [0.2, 0.25) is 0 Å². The minimum atomic E-state index is -2.61. The average molecular weight is 751 g/mol. The van der Waals surface area contributed by atoms with Crippen LogP contribution < -0.4 is 30.3 Å². The maximum atomic E-state index is 2.54. The largest absolute Gasteiger partial charge is 0.147 e. The molecule has 0 heterocycles. The van der Waals surface area contributed by atoms with Crippen molar-refractivity contribution in [3.63, 3.8) is 0 Å². The summed E-state index contributed by atoms with van der Waals surface area (Å²) in [6.07, 6.45) is 0. The van der Waals surface area contributed by atoms with Crippen LogP contribution in [0.4, 0.5) is 17.1 Å². The number of nitrogens with zero attached hydrogens (tertiary/aromatic N) is 3. The van der Waals surface area contributed by atoms with Gasteiger partial charge in [-0.15, -0.1) is 37.2 Å². The molecule has 0 fully saturated rings. The van der Waals surface area contributed by atoms with E-state index in [9.17, 15) is 0 Å². The Morgan fingerprint density at radius 2 is 0.787 bits per heavy atom. The van der Waals surface area contributed by atoms with Gasteiger partial charge in [-0.05, 0) is 0 Å². The number of benzene rings is 3. The Morgan fingerprint density at radius 3 is 1.02 bits per heavy atom. The van der Waals surface area contributed by atoms with E-state index in [1.54, 1.807) is 30.6 Å². The quantitative estimate of drug-likeness (QED) is 0.170. The molecule has 1 atom stereocenters. The van der Waals surface area contributed by atoms with Crippen molar-refractivity contribution in [1.29, 1.82) is 0 Å². The molecule has 4 rings (SSSR count). The monoisotopic (exact) mass is 749 g/mol. The number of hydrogen-bond acceptors (Lipinski definition) is 3. The van der Waals surface area contributed by atoms with E-state index in [1.807, 2.05) is 0 Å². The molecular weight excluding hydrogens is 693 g/mol. The number of aryl methyl sites for hydroxylation is 3. The molecule has 3 nitrogen and oxygen atoms in total. The summed E-state index contributed by atoms with van der Waals surface area (Å²) >= 11 is -0.667. The standard InChI is InChI=1S/C30H42N3Si.C9H13.3ClH.Ti/c1-19-13-16-25(22(4)28(19)31(7)8)34(26-17-14-20(2)29(23(26)5)32(9)10)27-18-15-21(3)30(24(27)6)33(11)12;1-6-5-7(2)9(4)8(6)3;;;;/h13-18H,1-12H3;6H,1-4H3;3*1H;. The van der Waals surface area contributed by atoms with Gasteiger partial charge in [0.15, 0.2) is 0 Å². The predicted octanol–water partition coefficient (Wildman–Crippen LogP) is 8.31. The van der Waals surface area contributed by atoms with E-state index in [0.717, 1.165) is 0 Å². The number of halogens is 3. The second-order valence-electron chi connectivity index (χ2n) is 13.8. The van der Waals surface area contributed by atoms with Crippen LogP contribution in [0.5, 0.6) is 0 Å². The van der Waals surface area contributed by atoms with Crippen LogP contribution in [0.1, 0.15) is 61.1 Å². The van der Waals surface area contributed by atoms with Crippen LogP contribution in [0.3, 0.4) is 0 Å². The molecule has 1 aliphatic carbocycles. The smallest absolute Gasteiger partial charge is 0.147 e. The summed E-state index contributed by atoms with van der Waals surface area (Å²) in [6, 6.07) is 14.9. The van der Waals surface area contributed by atoms with Gasteiger partial charge < -0.3 is 0 Å². The number of rotatable bonds is 8. The first-order valence-electron chi connectivity index (χ1n) is 16.0. The molecule has 0 amide bonds. The molecule has 1 aliphatic rings. The summed E-state index contributed by atoms with van der Waals surface area (Å²) < 4.78 is 1.75. The normalized spacial score (nSPS) is 14.3. The van der Waals surface area contributed by atoms with E-state index < -0.39 is 24.3 Å². The summed E-state index contributed by atoms with van der Waals surface area (Å²) in [4.78, 5) is 7.02. The molecule has 0 spiro atoms. The molecule has 0 saturated heterocycles. The van der Waals surface area contributed by atoms with Crippen LogP contribution in [-0.4, -0.2) is 48.2 Å². The van der Waals surface area contributed by atoms with Gasteiger partial charge in [-0.3, -0.25) is 0 Å². The maximum absolute atomic E-state index is 2.61. The summed E-state index contributed by atoms with van der Waals surface area (Å²) in [5.41, 5.74) is 17.1. The van der Waals surface area contributed by atoms with E-state index in [1.165, 1.54) is 56.0 Å². The molecule has 47 heavy (non-hydrogen) atoms. The molecule has 1 unspecified atom stereocenters. The van der Waals surface area contributed by atoms with E-state index >= 15 is 0 Å². The Bertz CT molecular complexity index is 1540. The van der Waals surface area contributed by atoms with Crippen molar-refractivity contribution in [2.75, 3.05) is 57.0 Å². The summed E-state index contributed by atoms with van der Waals surface area (Å²) in [7, 11) is 13.3. The van der Waals surface area contributed by atoms with Crippen molar-refractivity contribution >= 4 is 75.8 Å². The minimum Gasteiger partial charge on any atom is -0.147 e. The fourth-order valence-electron chi connectivity index (χ4n) is 8.19. The van der Waals surface area contributed by atoms with Crippen LogP contribution >= 0.6 is 37.2 Å². The van der Waals surface area contributed by atoms with Crippen molar-refractivity contribution in [2.45, 2.75) is 69.2 Å². The molecule has 0 N–H and O–H groups in total. The third kappa shape index (κ3) is 7.30. The predicted molar refractivity (Wildman–Crippen MR) is 217 cm³/mol. The molecule has 258 valence electrons. The van der Waals surface area contributed by atoms with E-state index in [2.05, 4.69) is 163 Å². The summed E-state index contributed by atoms with van der Waals surface area (Å²) in [5, 5.41) is 4.78. The minimum absolute atomic E-state index is 0. The molecule has 3 aromatic rings. The van der Waals surface area contributed by atoms with Gasteiger partial charge in [0.1, 0.15) is 0 Å². The number of hydrogen-bond donors (Lipinski definition) is 0. The van der Waals surface area contributed by atoms with Crippen molar-refractivity contribution in [1.82, 2.24) is 0 Å². The van der Waals surface area contributed by atoms with Crippen molar-refractivity contribution < 1.29 is 18.4 Å². The first kappa shape index (κ1) is 43.4.